The molecule has 118 valence electrons. The van der Waals surface area contributed by atoms with Gasteiger partial charge in [0, 0.05) is 0 Å². The Kier molecular flexibility index (Phi) is 5.87. The highest BCUT2D eigenvalue weighted by molar-refractivity contribution is 5.74. The van der Waals surface area contributed by atoms with Crippen molar-refractivity contribution >= 4 is 5.97 Å². The molecule has 1 saturated heterocycles. The van der Waals surface area contributed by atoms with Gasteiger partial charge in [-0.1, -0.05) is 20.3 Å². The number of aliphatic hydroxyl groups is 4. The molecule has 1 rings (SSSR count). The fourth-order valence-corrected chi connectivity index (χ4v) is 2.28. The summed E-state index contributed by atoms with van der Waals surface area (Å²) in [6, 6.07) is -1.06. The fourth-order valence-electron chi connectivity index (χ4n) is 2.28. The smallest absolute Gasteiger partial charge is 0.321 e. The Morgan fingerprint density at radius 1 is 1.40 bits per heavy atom. The molecule has 1 fully saturated rings. The third kappa shape index (κ3) is 3.11. The van der Waals surface area contributed by atoms with Crippen LogP contribution in [0, 0.1) is 5.92 Å². The minimum Gasteiger partial charge on any atom is -0.480 e. The molecule has 0 amide bonds. The van der Waals surface area contributed by atoms with E-state index in [1.54, 1.807) is 6.92 Å². The second-order valence-corrected chi connectivity index (χ2v) is 5.17. The van der Waals surface area contributed by atoms with Gasteiger partial charge in [0.2, 0.25) is 0 Å². The summed E-state index contributed by atoms with van der Waals surface area (Å²) in [6.45, 7) is 2.23. The van der Waals surface area contributed by atoms with E-state index in [0.717, 1.165) is 0 Å². The van der Waals surface area contributed by atoms with Crippen LogP contribution in [-0.4, -0.2) is 74.8 Å². The van der Waals surface area contributed by atoms with Crippen LogP contribution in [0.4, 0.5) is 0 Å². The van der Waals surface area contributed by atoms with Crippen LogP contribution in [0.1, 0.15) is 20.3 Å². The van der Waals surface area contributed by atoms with Crippen LogP contribution < -0.4 is 5.32 Å². The zero-order valence-electron chi connectivity index (χ0n) is 11.6. The molecule has 0 bridgehead atoms. The molecule has 0 aromatic heterocycles. The van der Waals surface area contributed by atoms with Crippen LogP contribution in [0.25, 0.3) is 0 Å². The van der Waals surface area contributed by atoms with E-state index in [9.17, 15) is 25.2 Å². The molecule has 1 aliphatic heterocycles. The summed E-state index contributed by atoms with van der Waals surface area (Å²) in [5.41, 5.74) is -1.81. The maximum absolute atomic E-state index is 11.3. The van der Waals surface area contributed by atoms with E-state index in [1.807, 2.05) is 6.92 Å². The van der Waals surface area contributed by atoms with Gasteiger partial charge in [-0.15, -0.1) is 0 Å². The summed E-state index contributed by atoms with van der Waals surface area (Å²) in [6.07, 6.45) is -3.48. The van der Waals surface area contributed by atoms with E-state index < -0.39 is 49.3 Å². The molecule has 8 nitrogen and oxygen atoms in total. The predicted octanol–water partition coefficient (Wildman–Crippen LogP) is -2.12. The first-order valence-electron chi connectivity index (χ1n) is 6.59. The number of carbonyl (C=O) groups is 1. The highest BCUT2D eigenvalue weighted by atomic mass is 16.6. The summed E-state index contributed by atoms with van der Waals surface area (Å²) >= 11 is 0. The monoisotopic (exact) mass is 293 g/mol. The van der Waals surface area contributed by atoms with Crippen molar-refractivity contribution in [3.63, 3.8) is 0 Å². The molecular formula is C12H23NO7. The summed E-state index contributed by atoms with van der Waals surface area (Å²) in [4.78, 5) is 11.3. The number of aliphatic hydroxyl groups excluding tert-OH is 4. The molecule has 20 heavy (non-hydrogen) atoms. The van der Waals surface area contributed by atoms with E-state index in [2.05, 4.69) is 5.32 Å². The van der Waals surface area contributed by atoms with Gasteiger partial charge in [0.25, 0.3) is 0 Å². The van der Waals surface area contributed by atoms with Crippen molar-refractivity contribution in [1.82, 2.24) is 5.32 Å². The molecule has 1 heterocycles. The number of carboxylic acid groups (broad SMARTS) is 1. The predicted molar refractivity (Wildman–Crippen MR) is 67.8 cm³/mol. The van der Waals surface area contributed by atoms with Crippen LogP contribution in [0.5, 0.6) is 0 Å². The molecule has 0 unspecified atom stereocenters. The molecule has 8 heteroatoms. The molecule has 6 atom stereocenters. The van der Waals surface area contributed by atoms with Gasteiger partial charge in [0.05, 0.1) is 13.2 Å². The van der Waals surface area contributed by atoms with Crippen molar-refractivity contribution in [1.29, 1.82) is 0 Å². The van der Waals surface area contributed by atoms with E-state index >= 15 is 0 Å². The van der Waals surface area contributed by atoms with Gasteiger partial charge in [-0.2, -0.15) is 0 Å². The van der Waals surface area contributed by atoms with Gasteiger partial charge < -0.3 is 30.3 Å². The van der Waals surface area contributed by atoms with Crippen LogP contribution in [0.15, 0.2) is 0 Å². The fraction of sp³-hybridized carbons (Fsp3) is 0.917. The third-order valence-corrected chi connectivity index (χ3v) is 3.84. The van der Waals surface area contributed by atoms with Crippen LogP contribution in [0.3, 0.4) is 0 Å². The molecule has 0 aliphatic carbocycles. The molecule has 0 spiro atoms. The van der Waals surface area contributed by atoms with Crippen molar-refractivity contribution in [2.24, 2.45) is 5.92 Å². The highest BCUT2D eigenvalue weighted by Gasteiger charge is 2.55. The lowest BCUT2D eigenvalue weighted by Crippen LogP contribution is -2.63. The standard InChI is InChI=1S/C12H23NO7/c1-3-6(2)8(11(18)19)13-12(5-15)10(17)9(16)7(4-14)20-12/h6-10,13-17H,3-5H2,1-2H3,(H,18,19)/t6-,7+,8-,9+,10-,12-/m0/s1. The Labute approximate surface area is 117 Å². The first-order chi connectivity index (χ1) is 9.32. The summed E-state index contributed by atoms with van der Waals surface area (Å²) in [5.74, 6) is -1.43. The Hall–Kier alpha value is -0.770. The molecule has 6 N–H and O–H groups in total. The summed E-state index contributed by atoms with van der Waals surface area (Å²) < 4.78 is 5.27. The van der Waals surface area contributed by atoms with Crippen molar-refractivity contribution in [2.75, 3.05) is 13.2 Å². The lowest BCUT2D eigenvalue weighted by atomic mass is 9.95. The molecular weight excluding hydrogens is 270 g/mol. The van der Waals surface area contributed by atoms with Crippen molar-refractivity contribution in [2.45, 2.75) is 50.3 Å². The van der Waals surface area contributed by atoms with Gasteiger partial charge in [-0.25, -0.2) is 0 Å². The van der Waals surface area contributed by atoms with Gasteiger partial charge in [0.1, 0.15) is 24.4 Å². The highest BCUT2D eigenvalue weighted by Crippen LogP contribution is 2.30. The van der Waals surface area contributed by atoms with Crippen LogP contribution >= 0.6 is 0 Å². The number of hydrogen-bond donors (Lipinski definition) is 6. The SMILES string of the molecule is CC[C@H](C)[C@H](N[C@@]1(CO)O[C@H](CO)[C@@H](O)[C@@H]1O)C(=O)O. The Balaban J connectivity index is 2.97. The van der Waals surface area contributed by atoms with Gasteiger partial charge >= 0.3 is 5.97 Å². The Bertz CT molecular complexity index is 340. The third-order valence-electron chi connectivity index (χ3n) is 3.84. The largest absolute Gasteiger partial charge is 0.480 e. The zero-order chi connectivity index (χ0) is 15.5. The number of nitrogens with one attached hydrogen (secondary N) is 1. The van der Waals surface area contributed by atoms with Crippen LogP contribution in [-0.2, 0) is 9.53 Å². The van der Waals surface area contributed by atoms with E-state index in [0.29, 0.717) is 6.42 Å². The second-order valence-electron chi connectivity index (χ2n) is 5.17. The molecule has 0 saturated carbocycles. The second kappa shape index (κ2) is 6.79. The zero-order valence-corrected chi connectivity index (χ0v) is 11.6. The lowest BCUT2D eigenvalue weighted by Gasteiger charge is -2.35. The van der Waals surface area contributed by atoms with Gasteiger partial charge in [0.15, 0.2) is 5.72 Å². The van der Waals surface area contributed by atoms with Crippen LogP contribution in [0.2, 0.25) is 0 Å². The number of rotatable bonds is 7. The van der Waals surface area contributed by atoms with E-state index in [-0.39, 0.29) is 5.92 Å². The maximum atomic E-state index is 11.3. The first-order valence-corrected chi connectivity index (χ1v) is 6.59. The number of ether oxygens (including phenoxy) is 1. The molecule has 0 aromatic rings. The Morgan fingerprint density at radius 2 is 2.00 bits per heavy atom. The number of carboxylic acids is 1. The number of hydrogen-bond acceptors (Lipinski definition) is 7. The minimum absolute atomic E-state index is 0.281. The van der Waals surface area contributed by atoms with Crippen molar-refractivity contribution in [3.8, 4) is 0 Å². The summed E-state index contributed by atoms with van der Waals surface area (Å²) in [7, 11) is 0. The normalized spacial score (nSPS) is 36.8. The molecule has 0 aromatic carbocycles. The van der Waals surface area contributed by atoms with Crippen molar-refractivity contribution in [3.05, 3.63) is 0 Å². The number of aliphatic carboxylic acids is 1. The molecule has 0 radical (unpaired) electrons. The topological polar surface area (TPSA) is 139 Å². The minimum atomic E-state index is -1.81. The molecule has 1 aliphatic rings. The van der Waals surface area contributed by atoms with E-state index in [4.69, 9.17) is 9.84 Å². The quantitative estimate of drug-likeness (QED) is 0.313. The average Bonchev–Trinajstić information content (AvgIpc) is 2.68. The van der Waals surface area contributed by atoms with E-state index in [1.165, 1.54) is 0 Å². The lowest BCUT2D eigenvalue weighted by molar-refractivity contribution is -0.161. The first kappa shape index (κ1) is 17.3. The van der Waals surface area contributed by atoms with Gasteiger partial charge in [-0.05, 0) is 5.92 Å². The van der Waals surface area contributed by atoms with Crippen molar-refractivity contribution < 1.29 is 35.1 Å². The average molecular weight is 293 g/mol. The summed E-state index contributed by atoms with van der Waals surface area (Å²) in [5, 5.41) is 50.1. The maximum Gasteiger partial charge on any atom is 0.321 e. The van der Waals surface area contributed by atoms with Gasteiger partial charge in [-0.3, -0.25) is 10.1 Å². The Morgan fingerprint density at radius 3 is 2.35 bits per heavy atom.